The van der Waals surface area contributed by atoms with E-state index >= 15 is 0 Å². The van der Waals surface area contributed by atoms with Gasteiger partial charge in [0.05, 0.1) is 13.3 Å². The molecule has 4 aliphatic rings. The third-order valence-corrected chi connectivity index (χ3v) is 8.37. The van der Waals surface area contributed by atoms with Gasteiger partial charge in [-0.3, -0.25) is 4.52 Å². The number of phosphoric acid groups is 3. The van der Waals surface area contributed by atoms with Gasteiger partial charge in [-0.2, -0.15) is 13.6 Å². The normalized spacial score (nSPS) is 37.2. The fraction of sp³-hybridized carbons (Fsp3) is 0.700. The topological polar surface area (TPSA) is 310 Å². The molecule has 0 bridgehead atoms. The molecule has 2 unspecified atom stereocenters. The van der Waals surface area contributed by atoms with E-state index < -0.39 is 60.5 Å². The van der Waals surface area contributed by atoms with E-state index in [0.29, 0.717) is 11.5 Å². The van der Waals surface area contributed by atoms with Crippen LogP contribution in [0.2, 0.25) is 0 Å². The molecule has 0 saturated carbocycles. The second-order valence-electron chi connectivity index (χ2n) is 6.93. The van der Waals surface area contributed by atoms with Crippen molar-refractivity contribution in [1.29, 1.82) is 0 Å². The number of hydroxylamine groups is 1. The van der Waals surface area contributed by atoms with Gasteiger partial charge in [0, 0.05) is 0 Å². The highest BCUT2D eigenvalue weighted by Gasteiger charge is 2.58. The van der Waals surface area contributed by atoms with Gasteiger partial charge in [-0.05, 0) is 0 Å². The van der Waals surface area contributed by atoms with Crippen molar-refractivity contribution >= 4 is 29.4 Å². The van der Waals surface area contributed by atoms with Crippen molar-refractivity contribution in [2.75, 3.05) is 13.3 Å². The average molecular weight is 540 g/mol. The summed E-state index contributed by atoms with van der Waals surface area (Å²) in [6.45, 7) is -0.901. The number of phosphoric ester groups is 1. The van der Waals surface area contributed by atoms with Crippen LogP contribution in [0.4, 0.5) is 0 Å². The lowest BCUT2D eigenvalue weighted by molar-refractivity contribution is -0.0827. The zero-order chi connectivity index (χ0) is 24.4. The molecule has 0 aromatic heterocycles. The number of ether oxygens (including phenoxy) is 1. The van der Waals surface area contributed by atoms with Gasteiger partial charge < -0.3 is 55.8 Å². The number of aliphatic hydroxyl groups is 2. The molecule has 4 rings (SSSR count). The number of nitrogens with two attached hydrogens (primary N) is 1. The quantitative estimate of drug-likeness (QED) is 0.103. The highest BCUT2D eigenvalue weighted by Crippen LogP contribution is 2.66. The van der Waals surface area contributed by atoms with Crippen molar-refractivity contribution in [1.82, 2.24) is 21.0 Å². The largest absolute Gasteiger partial charge is 0.490 e. The molecular formula is C10H19N6O14P3. The fourth-order valence-corrected chi connectivity index (χ4v) is 6.30. The van der Waals surface area contributed by atoms with E-state index in [1.54, 1.807) is 0 Å². The molecule has 0 aliphatic carbocycles. The summed E-state index contributed by atoms with van der Waals surface area (Å²) in [5.41, 5.74) is 8.70. The number of guanidine groups is 1. The minimum Gasteiger partial charge on any atom is -0.387 e. The first-order valence-electron chi connectivity index (χ1n) is 8.74. The number of hydrogen-bond acceptors (Lipinski definition) is 16. The predicted molar refractivity (Wildman–Crippen MR) is 99.1 cm³/mol. The second kappa shape index (κ2) is 8.20. The Morgan fingerprint density at radius 2 is 1.82 bits per heavy atom. The van der Waals surface area contributed by atoms with Gasteiger partial charge in [0.1, 0.15) is 29.8 Å². The zero-order valence-electron chi connectivity index (χ0n) is 16.0. The molecule has 188 valence electrons. The van der Waals surface area contributed by atoms with Crippen molar-refractivity contribution in [3.63, 3.8) is 0 Å². The average Bonchev–Trinajstić information content (AvgIpc) is 3.16. The van der Waals surface area contributed by atoms with Gasteiger partial charge in [-0.15, -0.1) is 5.48 Å². The number of aliphatic hydroxyl groups excluding tert-OH is 2. The molecule has 1 spiro atoms. The molecule has 2 saturated heterocycles. The summed E-state index contributed by atoms with van der Waals surface area (Å²) in [5, 5.41) is 26.4. The first kappa shape index (κ1) is 24.9. The first-order valence-corrected chi connectivity index (χ1v) is 13.3. The molecule has 11 N–H and O–H groups in total. The lowest BCUT2D eigenvalue weighted by atomic mass is 10.1. The number of rotatable bonds is 8. The monoisotopic (exact) mass is 540 g/mol. The summed E-state index contributed by atoms with van der Waals surface area (Å²) in [7, 11) is -16.7. The lowest BCUT2D eigenvalue weighted by Crippen LogP contribution is -2.49. The number of aliphatic imine (C=N–C) groups is 1. The molecule has 0 aromatic carbocycles. The molecule has 4 aliphatic heterocycles. The zero-order valence-corrected chi connectivity index (χ0v) is 18.7. The van der Waals surface area contributed by atoms with E-state index in [4.69, 9.17) is 30.0 Å². The second-order valence-corrected chi connectivity index (χ2v) is 11.4. The van der Waals surface area contributed by atoms with Gasteiger partial charge in [0.2, 0.25) is 0 Å². The van der Waals surface area contributed by atoms with Crippen molar-refractivity contribution in [3.05, 3.63) is 11.5 Å². The molecule has 20 nitrogen and oxygen atoms in total. The van der Waals surface area contributed by atoms with Crippen LogP contribution in [0.25, 0.3) is 0 Å². The van der Waals surface area contributed by atoms with Gasteiger partial charge in [0.25, 0.3) is 0 Å². The highest BCUT2D eigenvalue weighted by atomic mass is 31.3. The minimum atomic E-state index is -5.71. The van der Waals surface area contributed by atoms with Crippen LogP contribution in [-0.2, 0) is 36.4 Å². The number of nitrogens with one attached hydrogen (secondary N) is 3. The molecule has 2 fully saturated rings. The Bertz CT molecular complexity index is 1030. The fourth-order valence-electron chi connectivity index (χ4n) is 3.27. The van der Waals surface area contributed by atoms with Gasteiger partial charge in [-0.1, -0.05) is 0 Å². The molecule has 23 heteroatoms. The molecule has 4 heterocycles. The highest BCUT2D eigenvalue weighted by molar-refractivity contribution is 7.66. The van der Waals surface area contributed by atoms with E-state index in [2.05, 4.69) is 34.3 Å². The van der Waals surface area contributed by atoms with Gasteiger partial charge in [0.15, 0.2) is 12.2 Å². The number of fused-ring (bicyclic) bond motifs is 1. The Morgan fingerprint density at radius 3 is 2.42 bits per heavy atom. The Kier molecular flexibility index (Phi) is 6.19. The van der Waals surface area contributed by atoms with Crippen LogP contribution < -0.4 is 21.8 Å². The summed E-state index contributed by atoms with van der Waals surface area (Å²) >= 11 is 0. The maximum absolute atomic E-state index is 11.9. The minimum absolute atomic E-state index is 0.0234. The maximum atomic E-state index is 11.9. The first-order chi connectivity index (χ1) is 15.1. The summed E-state index contributed by atoms with van der Waals surface area (Å²) in [6, 6.07) is 0. The Hall–Kier alpha value is -1.18. The van der Waals surface area contributed by atoms with Crippen LogP contribution in [0, 0.1) is 0 Å². The maximum Gasteiger partial charge on any atom is 0.490 e. The summed E-state index contributed by atoms with van der Waals surface area (Å²) in [4.78, 5) is 46.3. The predicted octanol–water partition coefficient (Wildman–Crippen LogP) is -4.09. The molecule has 0 aromatic rings. The van der Waals surface area contributed by atoms with E-state index in [1.165, 1.54) is 4.90 Å². The molecule has 0 amide bonds. The Morgan fingerprint density at radius 1 is 1.15 bits per heavy atom. The Labute approximate surface area is 183 Å². The van der Waals surface area contributed by atoms with Crippen molar-refractivity contribution in [3.8, 4) is 0 Å². The smallest absolute Gasteiger partial charge is 0.387 e. The summed E-state index contributed by atoms with van der Waals surface area (Å²) in [6.07, 6.45) is -5.91. The van der Waals surface area contributed by atoms with Crippen LogP contribution >= 0.6 is 23.5 Å². The molecule has 7 atom stereocenters. The molecule has 0 radical (unpaired) electrons. The number of nitrogens with zero attached hydrogens (tertiary/aromatic N) is 2. The van der Waals surface area contributed by atoms with E-state index in [0.717, 1.165) is 0 Å². The van der Waals surface area contributed by atoms with Crippen molar-refractivity contribution in [2.45, 2.75) is 30.4 Å². The Balaban J connectivity index is 1.39. The number of hydrogen-bond donors (Lipinski definition) is 10. The molecule has 33 heavy (non-hydrogen) atoms. The standard InChI is InChI=1S/C10H19N6O14P3/c11-9-13-7-6(10(14-9)15-28-10)12-2-16(7)8-5(18)4(17)3(27-8)1-26-32(22,23)30-33(24,25)29-31(19,20)21/h3-5,8,12,15,17-18H,1-2H2,(H,22,23)(H,24,25)(H3,11,13,14)(H2,19,20,21)/t3-,4-,5-,8-,10-/m1/s1. The third-order valence-electron chi connectivity index (χ3n) is 4.57. The van der Waals surface area contributed by atoms with E-state index in [9.17, 15) is 28.8 Å². The van der Waals surface area contributed by atoms with E-state index in [1.807, 2.05) is 0 Å². The van der Waals surface area contributed by atoms with Crippen molar-refractivity contribution < 1.29 is 66.2 Å². The van der Waals surface area contributed by atoms with Crippen LogP contribution in [0.3, 0.4) is 0 Å². The van der Waals surface area contributed by atoms with E-state index in [-0.39, 0.29) is 12.6 Å². The molecular weight excluding hydrogens is 521 g/mol. The van der Waals surface area contributed by atoms with Crippen LogP contribution in [0.1, 0.15) is 0 Å². The SMILES string of the molecule is NC1=N[C@@]2(NO2)C2=C(N1)N([C@@H]1O[C@H](COP(=O)(O)OP(=O)(O)OP(=O)(O)O)[C@@H](O)[C@H]1O)CN2. The summed E-state index contributed by atoms with van der Waals surface area (Å²) < 4.78 is 51.1. The van der Waals surface area contributed by atoms with Crippen LogP contribution in [-0.4, -0.2) is 84.3 Å². The summed E-state index contributed by atoms with van der Waals surface area (Å²) in [5.74, 6) is -0.944. The van der Waals surface area contributed by atoms with Crippen LogP contribution in [0.15, 0.2) is 16.5 Å². The lowest BCUT2D eigenvalue weighted by Gasteiger charge is -2.30. The van der Waals surface area contributed by atoms with Gasteiger partial charge >= 0.3 is 29.3 Å². The van der Waals surface area contributed by atoms with Crippen molar-refractivity contribution in [2.24, 2.45) is 10.7 Å². The third kappa shape index (κ3) is 5.25. The van der Waals surface area contributed by atoms with Gasteiger partial charge in [-0.25, -0.2) is 18.5 Å². The van der Waals surface area contributed by atoms with Crippen LogP contribution in [0.5, 0.6) is 0 Å².